The van der Waals surface area contributed by atoms with Crippen molar-refractivity contribution in [1.29, 1.82) is 0 Å². The number of hydrogen-bond acceptors (Lipinski definition) is 5. The van der Waals surface area contributed by atoms with Crippen LogP contribution in [0.3, 0.4) is 0 Å². The molecule has 5 heteroatoms. The molecule has 1 aromatic rings. The summed E-state index contributed by atoms with van der Waals surface area (Å²) in [6, 6.07) is 0. The maximum absolute atomic E-state index is 5.81. The van der Waals surface area contributed by atoms with E-state index in [9.17, 15) is 0 Å². The highest BCUT2D eigenvalue weighted by Crippen LogP contribution is 2.32. The Labute approximate surface area is 132 Å². The summed E-state index contributed by atoms with van der Waals surface area (Å²) < 4.78 is 5.81. The second-order valence-electron chi connectivity index (χ2n) is 5.91. The van der Waals surface area contributed by atoms with E-state index < -0.39 is 0 Å². The molecule has 0 aromatic carbocycles. The molecule has 4 nitrogen and oxygen atoms in total. The summed E-state index contributed by atoms with van der Waals surface area (Å²) >= 11 is 1.85. The summed E-state index contributed by atoms with van der Waals surface area (Å²) in [6.07, 6.45) is 2.74. The van der Waals surface area contributed by atoms with Gasteiger partial charge in [-0.25, -0.2) is 4.98 Å². The number of nitrogens with zero attached hydrogens (tertiary/aromatic N) is 2. The van der Waals surface area contributed by atoms with Gasteiger partial charge in [0.05, 0.1) is 11.8 Å². The molecule has 1 aliphatic rings. The standard InChI is InChI=1S/C16H29N3OS/c1-5-17-10-14-15(12(3)4)18-16(21-14)19-9-7-8-13(11-19)20-6-2/h12-13,17H,5-11H2,1-4H3. The van der Waals surface area contributed by atoms with Gasteiger partial charge in [0.1, 0.15) is 0 Å². The maximum Gasteiger partial charge on any atom is 0.185 e. The normalized spacial score (nSPS) is 19.5. The first-order valence-electron chi connectivity index (χ1n) is 8.22. The largest absolute Gasteiger partial charge is 0.377 e. The van der Waals surface area contributed by atoms with E-state index in [2.05, 4.69) is 37.9 Å². The molecule has 1 saturated heterocycles. The Morgan fingerprint density at radius 2 is 2.24 bits per heavy atom. The molecule has 120 valence electrons. The van der Waals surface area contributed by atoms with Crippen LogP contribution in [0.1, 0.15) is 57.0 Å². The Bertz CT molecular complexity index is 431. The van der Waals surface area contributed by atoms with Crippen molar-refractivity contribution in [2.75, 3.05) is 31.1 Å². The fourth-order valence-electron chi connectivity index (χ4n) is 2.79. The Balaban J connectivity index is 2.11. The minimum absolute atomic E-state index is 0.368. The minimum atomic E-state index is 0.368. The monoisotopic (exact) mass is 311 g/mol. The molecule has 2 rings (SSSR count). The van der Waals surface area contributed by atoms with Gasteiger partial charge in [-0.3, -0.25) is 0 Å². The first kappa shape index (κ1) is 16.7. The van der Waals surface area contributed by atoms with Crippen LogP contribution >= 0.6 is 11.3 Å². The molecular formula is C16H29N3OS. The summed E-state index contributed by atoms with van der Waals surface area (Å²) in [6.45, 7) is 13.5. The molecule has 1 aliphatic heterocycles. The summed E-state index contributed by atoms with van der Waals surface area (Å²) in [7, 11) is 0. The number of hydrogen-bond donors (Lipinski definition) is 1. The quantitative estimate of drug-likeness (QED) is 0.837. The van der Waals surface area contributed by atoms with Crippen LogP contribution in [0.4, 0.5) is 5.13 Å². The van der Waals surface area contributed by atoms with Crippen LogP contribution in [0.25, 0.3) is 0 Å². The SMILES string of the molecule is CCNCc1sc(N2CCCC(OCC)C2)nc1C(C)C. The number of nitrogens with one attached hydrogen (secondary N) is 1. The fraction of sp³-hybridized carbons (Fsp3) is 0.812. The third-order valence-corrected chi connectivity index (χ3v) is 4.98. The lowest BCUT2D eigenvalue weighted by Crippen LogP contribution is -2.39. The molecule has 1 atom stereocenters. The summed E-state index contributed by atoms with van der Waals surface area (Å²) in [5.41, 5.74) is 1.26. The van der Waals surface area contributed by atoms with Crippen LogP contribution < -0.4 is 10.2 Å². The van der Waals surface area contributed by atoms with Gasteiger partial charge in [0.25, 0.3) is 0 Å². The molecule has 1 aromatic heterocycles. The second-order valence-corrected chi connectivity index (χ2v) is 6.97. The van der Waals surface area contributed by atoms with E-state index >= 15 is 0 Å². The lowest BCUT2D eigenvalue weighted by molar-refractivity contribution is 0.0526. The Morgan fingerprint density at radius 3 is 2.90 bits per heavy atom. The topological polar surface area (TPSA) is 37.4 Å². The smallest absolute Gasteiger partial charge is 0.185 e. The molecule has 1 unspecified atom stereocenters. The molecular weight excluding hydrogens is 282 g/mol. The van der Waals surface area contributed by atoms with Crippen molar-refractivity contribution in [2.24, 2.45) is 0 Å². The second kappa shape index (κ2) is 8.11. The first-order chi connectivity index (χ1) is 10.2. The summed E-state index contributed by atoms with van der Waals surface area (Å²) in [5, 5.41) is 4.61. The van der Waals surface area contributed by atoms with E-state index in [-0.39, 0.29) is 0 Å². The molecule has 2 heterocycles. The first-order valence-corrected chi connectivity index (χ1v) is 9.04. The van der Waals surface area contributed by atoms with Crippen LogP contribution in [0.15, 0.2) is 0 Å². The number of aromatic nitrogens is 1. The summed E-state index contributed by atoms with van der Waals surface area (Å²) in [5.74, 6) is 0.483. The van der Waals surface area contributed by atoms with Crippen molar-refractivity contribution in [3.05, 3.63) is 10.6 Å². The number of piperidine rings is 1. The molecule has 1 fully saturated rings. The van der Waals surface area contributed by atoms with Crippen LogP contribution in [0.5, 0.6) is 0 Å². The molecule has 0 bridgehead atoms. The number of anilines is 1. The highest BCUT2D eigenvalue weighted by atomic mass is 32.1. The third-order valence-electron chi connectivity index (χ3n) is 3.85. The lowest BCUT2D eigenvalue weighted by atomic mass is 10.1. The van der Waals surface area contributed by atoms with E-state index in [0.717, 1.165) is 32.8 Å². The van der Waals surface area contributed by atoms with Gasteiger partial charge in [0, 0.05) is 31.1 Å². The zero-order chi connectivity index (χ0) is 15.2. The molecule has 0 radical (unpaired) electrons. The predicted octanol–water partition coefficient (Wildman–Crippen LogP) is 3.38. The predicted molar refractivity (Wildman–Crippen MR) is 90.4 cm³/mol. The highest BCUT2D eigenvalue weighted by molar-refractivity contribution is 7.15. The van der Waals surface area contributed by atoms with Gasteiger partial charge in [0.15, 0.2) is 5.13 Å². The van der Waals surface area contributed by atoms with Crippen LogP contribution in [-0.2, 0) is 11.3 Å². The van der Waals surface area contributed by atoms with Crippen molar-refractivity contribution in [3.63, 3.8) is 0 Å². The van der Waals surface area contributed by atoms with Gasteiger partial charge in [-0.05, 0) is 32.2 Å². The van der Waals surface area contributed by atoms with E-state index in [4.69, 9.17) is 9.72 Å². The van der Waals surface area contributed by atoms with Gasteiger partial charge >= 0.3 is 0 Å². The molecule has 21 heavy (non-hydrogen) atoms. The Hall–Kier alpha value is -0.650. The number of ether oxygens (including phenoxy) is 1. The van der Waals surface area contributed by atoms with Crippen molar-refractivity contribution < 1.29 is 4.74 Å². The average molecular weight is 311 g/mol. The Kier molecular flexibility index (Phi) is 6.45. The van der Waals surface area contributed by atoms with Gasteiger partial charge in [0.2, 0.25) is 0 Å². The number of rotatable bonds is 7. The molecule has 0 spiro atoms. The number of thiazole rings is 1. The Morgan fingerprint density at radius 1 is 1.43 bits per heavy atom. The van der Waals surface area contributed by atoms with Crippen molar-refractivity contribution in [2.45, 2.75) is 59.1 Å². The van der Waals surface area contributed by atoms with E-state index in [1.54, 1.807) is 0 Å². The van der Waals surface area contributed by atoms with Crippen LogP contribution in [0.2, 0.25) is 0 Å². The van der Waals surface area contributed by atoms with Gasteiger partial charge in [-0.2, -0.15) is 0 Å². The van der Waals surface area contributed by atoms with Gasteiger partial charge in [-0.15, -0.1) is 11.3 Å². The van der Waals surface area contributed by atoms with Gasteiger partial charge in [-0.1, -0.05) is 20.8 Å². The zero-order valence-electron chi connectivity index (χ0n) is 13.8. The zero-order valence-corrected chi connectivity index (χ0v) is 14.6. The molecule has 1 N–H and O–H groups in total. The molecule has 0 amide bonds. The summed E-state index contributed by atoms with van der Waals surface area (Å²) in [4.78, 5) is 8.73. The van der Waals surface area contributed by atoms with Crippen molar-refractivity contribution >= 4 is 16.5 Å². The third kappa shape index (κ3) is 4.41. The molecule has 0 saturated carbocycles. The van der Waals surface area contributed by atoms with Gasteiger partial charge < -0.3 is 15.0 Å². The van der Waals surface area contributed by atoms with E-state index in [1.807, 2.05) is 11.3 Å². The van der Waals surface area contributed by atoms with Crippen LogP contribution in [0, 0.1) is 0 Å². The van der Waals surface area contributed by atoms with E-state index in [0.29, 0.717) is 12.0 Å². The fourth-order valence-corrected chi connectivity index (χ4v) is 4.01. The van der Waals surface area contributed by atoms with E-state index in [1.165, 1.54) is 28.5 Å². The lowest BCUT2D eigenvalue weighted by Gasteiger charge is -2.32. The van der Waals surface area contributed by atoms with Crippen molar-refractivity contribution in [3.8, 4) is 0 Å². The van der Waals surface area contributed by atoms with Crippen LogP contribution in [-0.4, -0.2) is 37.3 Å². The maximum atomic E-state index is 5.81. The minimum Gasteiger partial charge on any atom is -0.377 e. The van der Waals surface area contributed by atoms with Crippen molar-refractivity contribution in [1.82, 2.24) is 10.3 Å². The average Bonchev–Trinajstić information content (AvgIpc) is 2.90. The molecule has 0 aliphatic carbocycles. The highest BCUT2D eigenvalue weighted by Gasteiger charge is 2.24.